The fourth-order valence-corrected chi connectivity index (χ4v) is 4.58. The van der Waals surface area contributed by atoms with E-state index in [1.807, 2.05) is 25.3 Å². The third-order valence-electron chi connectivity index (χ3n) is 3.07. The van der Waals surface area contributed by atoms with Crippen molar-refractivity contribution >= 4 is 51.0 Å². The van der Waals surface area contributed by atoms with Gasteiger partial charge in [-0.3, -0.25) is 14.4 Å². The third-order valence-corrected chi connectivity index (χ3v) is 6.53. The van der Waals surface area contributed by atoms with Gasteiger partial charge in [0, 0.05) is 5.75 Å². The van der Waals surface area contributed by atoms with Crippen LogP contribution in [0.1, 0.15) is 29.9 Å². The SMILES string of the molecule is CC(C)C(SC(=O)c1cccs1)C(=O)N[C@H]1CCSC1=O. The summed E-state index contributed by atoms with van der Waals surface area (Å²) in [4.78, 5) is 36.7. The van der Waals surface area contributed by atoms with E-state index in [0.29, 0.717) is 11.3 Å². The van der Waals surface area contributed by atoms with Gasteiger partial charge in [0.25, 0.3) is 0 Å². The fourth-order valence-electron chi connectivity index (χ4n) is 1.94. The predicted molar refractivity (Wildman–Crippen MR) is 88.9 cm³/mol. The Kier molecular flexibility index (Phi) is 5.89. The molecule has 0 radical (unpaired) electrons. The number of carbonyl (C=O) groups excluding carboxylic acids is 3. The third kappa shape index (κ3) is 4.34. The number of thiophene rings is 1. The summed E-state index contributed by atoms with van der Waals surface area (Å²) < 4.78 is 0. The molecular weight excluding hydrogens is 326 g/mol. The second-order valence-corrected chi connectivity index (χ2v) is 8.23. The lowest BCUT2D eigenvalue weighted by Crippen LogP contribution is -2.44. The summed E-state index contributed by atoms with van der Waals surface area (Å²) in [5.74, 6) is 0.543. The normalized spacial score (nSPS) is 19.8. The van der Waals surface area contributed by atoms with Crippen molar-refractivity contribution in [1.82, 2.24) is 5.32 Å². The van der Waals surface area contributed by atoms with E-state index >= 15 is 0 Å². The zero-order valence-corrected chi connectivity index (χ0v) is 14.3. The van der Waals surface area contributed by atoms with Crippen LogP contribution in [-0.4, -0.2) is 33.2 Å². The van der Waals surface area contributed by atoms with E-state index in [0.717, 1.165) is 17.5 Å². The first-order valence-electron chi connectivity index (χ1n) is 6.70. The molecule has 2 heterocycles. The van der Waals surface area contributed by atoms with Gasteiger partial charge in [-0.25, -0.2) is 0 Å². The molecule has 1 N–H and O–H groups in total. The zero-order valence-electron chi connectivity index (χ0n) is 11.8. The van der Waals surface area contributed by atoms with Crippen LogP contribution in [0, 0.1) is 5.92 Å². The second kappa shape index (κ2) is 7.47. The number of thioether (sulfide) groups is 2. The first-order valence-corrected chi connectivity index (χ1v) is 9.45. The maximum Gasteiger partial charge on any atom is 0.234 e. The van der Waals surface area contributed by atoms with Crippen molar-refractivity contribution in [2.24, 2.45) is 5.92 Å². The van der Waals surface area contributed by atoms with E-state index in [1.165, 1.54) is 23.1 Å². The lowest BCUT2D eigenvalue weighted by atomic mass is 10.1. The van der Waals surface area contributed by atoms with Crippen molar-refractivity contribution in [3.63, 3.8) is 0 Å². The average molecular weight is 343 g/mol. The molecule has 1 aliphatic heterocycles. The van der Waals surface area contributed by atoms with E-state index in [9.17, 15) is 14.4 Å². The lowest BCUT2D eigenvalue weighted by Gasteiger charge is -2.20. The topological polar surface area (TPSA) is 63.2 Å². The van der Waals surface area contributed by atoms with Gasteiger partial charge in [-0.1, -0.05) is 43.4 Å². The number of rotatable bonds is 5. The highest BCUT2D eigenvalue weighted by Crippen LogP contribution is 2.27. The molecule has 1 fully saturated rings. The standard InChI is InChI=1S/C14H17NO3S3/c1-8(2)11(21-14(18)10-4-3-6-19-10)12(16)15-9-5-7-20-13(9)17/h3-4,6,8-9,11H,5,7H2,1-2H3,(H,15,16)/t9-,11?/m0/s1. The van der Waals surface area contributed by atoms with Gasteiger partial charge >= 0.3 is 0 Å². The summed E-state index contributed by atoms with van der Waals surface area (Å²) in [5.41, 5.74) is 0. The summed E-state index contributed by atoms with van der Waals surface area (Å²) >= 11 is 3.67. The van der Waals surface area contributed by atoms with Crippen molar-refractivity contribution in [1.29, 1.82) is 0 Å². The molecule has 2 atom stereocenters. The molecule has 0 bridgehead atoms. The van der Waals surface area contributed by atoms with Crippen LogP contribution in [0.15, 0.2) is 17.5 Å². The molecule has 1 unspecified atom stereocenters. The number of carbonyl (C=O) groups is 3. The highest BCUT2D eigenvalue weighted by atomic mass is 32.2. The quantitative estimate of drug-likeness (QED) is 0.891. The summed E-state index contributed by atoms with van der Waals surface area (Å²) in [7, 11) is 0. The molecule has 2 rings (SSSR count). The van der Waals surface area contributed by atoms with Crippen molar-refractivity contribution in [2.75, 3.05) is 5.75 Å². The maximum absolute atomic E-state index is 12.3. The molecule has 1 aliphatic rings. The average Bonchev–Trinajstić information content (AvgIpc) is 3.08. The molecule has 1 amide bonds. The Morgan fingerprint density at radius 1 is 1.43 bits per heavy atom. The first kappa shape index (κ1) is 16.6. The summed E-state index contributed by atoms with van der Waals surface area (Å²) in [6.07, 6.45) is 0.670. The number of amides is 1. The van der Waals surface area contributed by atoms with Crippen LogP contribution < -0.4 is 5.32 Å². The van der Waals surface area contributed by atoms with Crippen LogP contribution >= 0.6 is 34.9 Å². The summed E-state index contributed by atoms with van der Waals surface area (Å²) in [5, 5.41) is 4.07. The maximum atomic E-state index is 12.3. The van der Waals surface area contributed by atoms with Crippen LogP contribution in [0.5, 0.6) is 0 Å². The van der Waals surface area contributed by atoms with Gasteiger partial charge in [0.05, 0.1) is 16.2 Å². The van der Waals surface area contributed by atoms with Crippen LogP contribution in [0.3, 0.4) is 0 Å². The smallest absolute Gasteiger partial charge is 0.234 e. The molecule has 0 aliphatic carbocycles. The molecule has 0 aromatic carbocycles. The van der Waals surface area contributed by atoms with E-state index < -0.39 is 11.3 Å². The van der Waals surface area contributed by atoms with Crippen LogP contribution in [0.25, 0.3) is 0 Å². The van der Waals surface area contributed by atoms with E-state index in [1.54, 1.807) is 6.07 Å². The van der Waals surface area contributed by atoms with Crippen LogP contribution in [0.2, 0.25) is 0 Å². The van der Waals surface area contributed by atoms with Gasteiger partial charge in [0.15, 0.2) is 0 Å². The van der Waals surface area contributed by atoms with Crippen molar-refractivity contribution in [2.45, 2.75) is 31.6 Å². The van der Waals surface area contributed by atoms with Crippen LogP contribution in [0.4, 0.5) is 0 Å². The van der Waals surface area contributed by atoms with E-state index in [4.69, 9.17) is 0 Å². The Labute approximate surface area is 136 Å². The number of hydrogen-bond acceptors (Lipinski definition) is 6. The molecule has 1 saturated heterocycles. The number of nitrogens with one attached hydrogen (secondary N) is 1. The summed E-state index contributed by atoms with van der Waals surface area (Å²) in [6.45, 7) is 3.81. The Hall–Kier alpha value is -0.790. The van der Waals surface area contributed by atoms with Gasteiger partial charge in [0.2, 0.25) is 16.1 Å². The monoisotopic (exact) mass is 343 g/mol. The van der Waals surface area contributed by atoms with Crippen molar-refractivity contribution in [3.8, 4) is 0 Å². The molecule has 114 valence electrons. The molecular formula is C14H17NO3S3. The predicted octanol–water partition coefficient (Wildman–Crippen LogP) is 2.79. The summed E-state index contributed by atoms with van der Waals surface area (Å²) in [6, 6.07) is 3.17. The highest BCUT2D eigenvalue weighted by molar-refractivity contribution is 8.15. The van der Waals surface area contributed by atoms with Gasteiger partial charge in [-0.05, 0) is 23.8 Å². The largest absolute Gasteiger partial charge is 0.344 e. The highest BCUT2D eigenvalue weighted by Gasteiger charge is 2.32. The Morgan fingerprint density at radius 3 is 2.71 bits per heavy atom. The zero-order chi connectivity index (χ0) is 15.4. The lowest BCUT2D eigenvalue weighted by molar-refractivity contribution is -0.124. The van der Waals surface area contributed by atoms with Gasteiger partial charge < -0.3 is 5.32 Å². The molecule has 0 spiro atoms. The van der Waals surface area contributed by atoms with Gasteiger partial charge in [-0.15, -0.1) is 11.3 Å². The number of hydrogen-bond donors (Lipinski definition) is 1. The minimum Gasteiger partial charge on any atom is -0.344 e. The van der Waals surface area contributed by atoms with Gasteiger partial charge in [-0.2, -0.15) is 0 Å². The fraction of sp³-hybridized carbons (Fsp3) is 0.500. The second-order valence-electron chi connectivity index (χ2n) is 5.06. The Balaban J connectivity index is 1.99. The molecule has 7 heteroatoms. The van der Waals surface area contributed by atoms with Gasteiger partial charge in [0.1, 0.15) is 0 Å². The van der Waals surface area contributed by atoms with E-state index in [-0.39, 0.29) is 22.1 Å². The van der Waals surface area contributed by atoms with Crippen LogP contribution in [-0.2, 0) is 9.59 Å². The Morgan fingerprint density at radius 2 is 2.19 bits per heavy atom. The Bertz CT molecular complexity index is 528. The molecule has 1 aromatic heterocycles. The first-order chi connectivity index (χ1) is 9.99. The minimum atomic E-state index is -0.474. The molecule has 1 aromatic rings. The van der Waals surface area contributed by atoms with Crippen molar-refractivity contribution < 1.29 is 14.4 Å². The molecule has 4 nitrogen and oxygen atoms in total. The van der Waals surface area contributed by atoms with E-state index in [2.05, 4.69) is 5.32 Å². The minimum absolute atomic E-state index is 0.0143. The molecule has 0 saturated carbocycles. The van der Waals surface area contributed by atoms with Crippen molar-refractivity contribution in [3.05, 3.63) is 22.4 Å². The molecule has 21 heavy (non-hydrogen) atoms.